The van der Waals surface area contributed by atoms with Crippen molar-refractivity contribution in [3.63, 3.8) is 0 Å². The lowest BCUT2D eigenvalue weighted by molar-refractivity contribution is 0.101. The first-order valence-electron chi connectivity index (χ1n) is 10.5. The smallest absolute Gasteiger partial charge is 0.255 e. The van der Waals surface area contributed by atoms with Gasteiger partial charge in [-0.3, -0.25) is 9.59 Å². The maximum Gasteiger partial charge on any atom is 0.255 e. The molecule has 0 atom stereocenters. The average Bonchev–Trinajstić information content (AvgIpc) is 2.82. The van der Waals surface area contributed by atoms with Gasteiger partial charge in [0.2, 0.25) is 0 Å². The highest BCUT2D eigenvalue weighted by Crippen LogP contribution is 2.28. The predicted octanol–water partition coefficient (Wildman–Crippen LogP) is 6.48. The Bertz CT molecular complexity index is 1160. The van der Waals surface area contributed by atoms with Crippen LogP contribution >= 0.6 is 0 Å². The van der Waals surface area contributed by atoms with Crippen LogP contribution in [0, 0.1) is 13.8 Å². The first-order valence-corrected chi connectivity index (χ1v) is 10.5. The molecule has 0 bridgehead atoms. The van der Waals surface area contributed by atoms with Gasteiger partial charge in [-0.05, 0) is 84.6 Å². The molecule has 0 unspecified atom stereocenters. The van der Waals surface area contributed by atoms with Gasteiger partial charge in [0, 0.05) is 22.5 Å². The summed E-state index contributed by atoms with van der Waals surface area (Å²) in [5.74, 6) is -0.258. The largest absolute Gasteiger partial charge is 0.322 e. The molecular weight excluding hydrogens is 396 g/mol. The summed E-state index contributed by atoms with van der Waals surface area (Å²) in [6, 6.07) is 30.3. The highest BCUT2D eigenvalue weighted by atomic mass is 16.2. The van der Waals surface area contributed by atoms with Crippen LogP contribution in [0.3, 0.4) is 0 Å². The van der Waals surface area contributed by atoms with E-state index in [4.69, 9.17) is 0 Å². The molecule has 4 rings (SSSR count). The molecule has 4 aromatic carbocycles. The molecule has 0 aliphatic heterocycles. The molecular formula is C28H24N2O2. The Hall–Kier alpha value is -4.18. The number of hydrogen-bond donors (Lipinski definition) is 2. The molecule has 4 aromatic rings. The molecule has 4 heteroatoms. The van der Waals surface area contributed by atoms with Gasteiger partial charge in [-0.2, -0.15) is 0 Å². The van der Waals surface area contributed by atoms with E-state index in [0.717, 1.165) is 33.6 Å². The van der Waals surface area contributed by atoms with Crippen molar-refractivity contribution in [2.24, 2.45) is 0 Å². The molecule has 4 nitrogen and oxygen atoms in total. The van der Waals surface area contributed by atoms with E-state index in [1.165, 1.54) is 0 Å². The van der Waals surface area contributed by atoms with Gasteiger partial charge in [-0.15, -0.1) is 0 Å². The zero-order valence-corrected chi connectivity index (χ0v) is 18.1. The van der Waals surface area contributed by atoms with Crippen molar-refractivity contribution in [2.45, 2.75) is 13.8 Å². The second-order valence-electron chi connectivity index (χ2n) is 7.70. The van der Waals surface area contributed by atoms with Gasteiger partial charge in [-0.25, -0.2) is 0 Å². The standard InChI is InChI=1S/C28H24N2O2/c1-19-17-23(13-15-25(19)29-27(31)21-9-5-3-6-10-21)24-14-16-26(20(2)18-24)30-28(32)22-11-7-4-8-12-22/h3-18H,1-2H3,(H,29,31)(H,30,32). The summed E-state index contributed by atoms with van der Waals surface area (Å²) in [4.78, 5) is 24.9. The molecule has 0 radical (unpaired) electrons. The molecule has 0 fully saturated rings. The number of carbonyl (C=O) groups excluding carboxylic acids is 2. The molecule has 0 aliphatic carbocycles. The quantitative estimate of drug-likeness (QED) is 0.388. The molecule has 0 aromatic heterocycles. The number of carbonyl (C=O) groups is 2. The number of anilines is 2. The van der Waals surface area contributed by atoms with Gasteiger partial charge >= 0.3 is 0 Å². The number of aryl methyl sites for hydroxylation is 2. The van der Waals surface area contributed by atoms with Crippen molar-refractivity contribution in [1.82, 2.24) is 0 Å². The van der Waals surface area contributed by atoms with Crippen molar-refractivity contribution in [2.75, 3.05) is 10.6 Å². The Balaban J connectivity index is 1.50. The molecule has 0 saturated carbocycles. The Kier molecular flexibility index (Phi) is 6.13. The number of rotatable bonds is 5. The van der Waals surface area contributed by atoms with E-state index >= 15 is 0 Å². The van der Waals surface area contributed by atoms with Crippen LogP contribution in [0.2, 0.25) is 0 Å². The fourth-order valence-electron chi connectivity index (χ4n) is 3.53. The predicted molar refractivity (Wildman–Crippen MR) is 130 cm³/mol. The van der Waals surface area contributed by atoms with E-state index in [1.807, 2.05) is 74.5 Å². The lowest BCUT2D eigenvalue weighted by atomic mass is 9.99. The fraction of sp³-hybridized carbons (Fsp3) is 0.0714. The van der Waals surface area contributed by atoms with E-state index in [-0.39, 0.29) is 11.8 Å². The molecule has 2 N–H and O–H groups in total. The highest BCUT2D eigenvalue weighted by molar-refractivity contribution is 6.05. The minimum atomic E-state index is -0.129. The Labute approximate surface area is 187 Å². The number of amides is 2. The third-order valence-electron chi connectivity index (χ3n) is 5.35. The van der Waals surface area contributed by atoms with Crippen LogP contribution in [0.4, 0.5) is 11.4 Å². The van der Waals surface area contributed by atoms with E-state index in [2.05, 4.69) is 22.8 Å². The molecule has 158 valence electrons. The van der Waals surface area contributed by atoms with Crippen molar-refractivity contribution < 1.29 is 9.59 Å². The van der Waals surface area contributed by atoms with Gasteiger partial charge in [0.15, 0.2) is 0 Å². The Morgan fingerprint density at radius 2 is 0.906 bits per heavy atom. The first-order chi connectivity index (χ1) is 15.5. The zero-order chi connectivity index (χ0) is 22.5. The summed E-state index contributed by atoms with van der Waals surface area (Å²) in [6.07, 6.45) is 0. The second kappa shape index (κ2) is 9.31. The van der Waals surface area contributed by atoms with Crippen LogP contribution in [0.5, 0.6) is 0 Å². The van der Waals surface area contributed by atoms with Crippen molar-refractivity contribution in [3.8, 4) is 11.1 Å². The van der Waals surface area contributed by atoms with Crippen LogP contribution in [0.15, 0.2) is 97.1 Å². The van der Waals surface area contributed by atoms with Gasteiger partial charge in [-0.1, -0.05) is 48.5 Å². The Morgan fingerprint density at radius 3 is 1.25 bits per heavy atom. The van der Waals surface area contributed by atoms with Crippen LogP contribution < -0.4 is 10.6 Å². The summed E-state index contributed by atoms with van der Waals surface area (Å²) in [5, 5.41) is 5.95. The first kappa shape index (κ1) is 21.1. The lowest BCUT2D eigenvalue weighted by Gasteiger charge is -2.13. The fourth-order valence-corrected chi connectivity index (χ4v) is 3.53. The monoisotopic (exact) mass is 420 g/mol. The maximum absolute atomic E-state index is 12.4. The van der Waals surface area contributed by atoms with Gasteiger partial charge in [0.1, 0.15) is 0 Å². The van der Waals surface area contributed by atoms with Crippen LogP contribution in [0.1, 0.15) is 31.8 Å². The van der Waals surface area contributed by atoms with Gasteiger partial charge in [0.25, 0.3) is 11.8 Å². The third-order valence-corrected chi connectivity index (χ3v) is 5.35. The minimum absolute atomic E-state index is 0.129. The molecule has 0 spiro atoms. The number of benzene rings is 4. The van der Waals surface area contributed by atoms with E-state index in [1.54, 1.807) is 24.3 Å². The summed E-state index contributed by atoms with van der Waals surface area (Å²) in [5.41, 5.74) is 6.86. The van der Waals surface area contributed by atoms with E-state index in [9.17, 15) is 9.59 Å². The maximum atomic E-state index is 12.4. The van der Waals surface area contributed by atoms with Crippen molar-refractivity contribution in [1.29, 1.82) is 0 Å². The lowest BCUT2D eigenvalue weighted by Crippen LogP contribution is -2.12. The SMILES string of the molecule is Cc1cc(-c2ccc(NC(=O)c3ccccc3)c(C)c2)ccc1NC(=O)c1ccccc1. The highest BCUT2D eigenvalue weighted by Gasteiger charge is 2.11. The van der Waals surface area contributed by atoms with E-state index in [0.29, 0.717) is 11.1 Å². The molecule has 0 heterocycles. The third kappa shape index (κ3) is 4.76. The summed E-state index contributed by atoms with van der Waals surface area (Å²) in [7, 11) is 0. The van der Waals surface area contributed by atoms with E-state index < -0.39 is 0 Å². The van der Waals surface area contributed by atoms with Gasteiger partial charge < -0.3 is 10.6 Å². The summed E-state index contributed by atoms with van der Waals surface area (Å²) in [6.45, 7) is 3.96. The average molecular weight is 421 g/mol. The molecule has 2 amide bonds. The Morgan fingerprint density at radius 1 is 0.531 bits per heavy atom. The van der Waals surface area contributed by atoms with Crippen LogP contribution in [0.25, 0.3) is 11.1 Å². The zero-order valence-electron chi connectivity index (χ0n) is 18.1. The summed E-state index contributed by atoms with van der Waals surface area (Å²) >= 11 is 0. The van der Waals surface area contributed by atoms with Crippen molar-refractivity contribution >= 4 is 23.2 Å². The molecule has 32 heavy (non-hydrogen) atoms. The summed E-state index contributed by atoms with van der Waals surface area (Å²) < 4.78 is 0. The molecule has 0 aliphatic rings. The molecule has 0 saturated heterocycles. The van der Waals surface area contributed by atoms with Crippen LogP contribution in [-0.2, 0) is 0 Å². The second-order valence-corrected chi connectivity index (χ2v) is 7.70. The van der Waals surface area contributed by atoms with Gasteiger partial charge in [0.05, 0.1) is 0 Å². The van der Waals surface area contributed by atoms with Crippen LogP contribution in [-0.4, -0.2) is 11.8 Å². The number of nitrogens with one attached hydrogen (secondary N) is 2. The van der Waals surface area contributed by atoms with Crippen molar-refractivity contribution in [3.05, 3.63) is 119 Å². The minimum Gasteiger partial charge on any atom is -0.322 e. The number of hydrogen-bond acceptors (Lipinski definition) is 2. The normalized spacial score (nSPS) is 10.4. The topological polar surface area (TPSA) is 58.2 Å².